The average molecular weight is 366 g/mol. The zero-order chi connectivity index (χ0) is 19.2. The Kier molecular flexibility index (Phi) is 5.76. The normalized spacial score (nSPS) is 10.6. The van der Waals surface area contributed by atoms with Crippen LogP contribution in [0.3, 0.4) is 0 Å². The Bertz CT molecular complexity index is 929. The highest BCUT2D eigenvalue weighted by atomic mass is 16.5. The summed E-state index contributed by atoms with van der Waals surface area (Å²) >= 11 is 0. The summed E-state index contributed by atoms with van der Waals surface area (Å²) in [5, 5.41) is 3.58. The summed E-state index contributed by atoms with van der Waals surface area (Å²) in [5.41, 5.74) is 3.39. The molecule has 6 nitrogen and oxygen atoms in total. The van der Waals surface area contributed by atoms with Crippen molar-refractivity contribution in [3.8, 4) is 5.75 Å². The van der Waals surface area contributed by atoms with E-state index < -0.39 is 5.97 Å². The Morgan fingerprint density at radius 3 is 2.67 bits per heavy atom. The molecule has 6 heteroatoms. The molecule has 0 spiro atoms. The highest BCUT2D eigenvalue weighted by molar-refractivity contribution is 5.95. The molecule has 0 atom stereocenters. The summed E-state index contributed by atoms with van der Waals surface area (Å²) in [4.78, 5) is 26.8. The van der Waals surface area contributed by atoms with E-state index in [1.165, 1.54) is 5.56 Å². The lowest BCUT2D eigenvalue weighted by Gasteiger charge is -2.10. The van der Waals surface area contributed by atoms with Crippen molar-refractivity contribution >= 4 is 22.8 Å². The first-order chi connectivity index (χ1) is 13.0. The van der Waals surface area contributed by atoms with Gasteiger partial charge in [-0.15, -0.1) is 0 Å². The van der Waals surface area contributed by atoms with Crippen LogP contribution in [0.15, 0.2) is 48.5 Å². The molecule has 140 valence electrons. The number of benzene rings is 2. The molecular formula is C21H22N2O4. The molecule has 2 aromatic carbocycles. The Hall–Kier alpha value is -3.28. The Morgan fingerprint density at radius 1 is 1.07 bits per heavy atom. The second-order valence-electron chi connectivity index (χ2n) is 6.31. The molecule has 1 aromatic heterocycles. The van der Waals surface area contributed by atoms with E-state index in [0.29, 0.717) is 18.8 Å². The van der Waals surface area contributed by atoms with Crippen molar-refractivity contribution in [3.05, 3.63) is 65.4 Å². The zero-order valence-corrected chi connectivity index (χ0v) is 15.4. The van der Waals surface area contributed by atoms with E-state index in [2.05, 4.69) is 10.3 Å². The second kappa shape index (κ2) is 8.40. The number of aryl methyl sites for hydroxylation is 2. The fourth-order valence-corrected chi connectivity index (χ4v) is 2.76. The maximum Gasteiger partial charge on any atom is 0.355 e. The summed E-state index contributed by atoms with van der Waals surface area (Å²) in [7, 11) is 0. The number of amides is 1. The lowest BCUT2D eigenvalue weighted by atomic mass is 10.1. The summed E-state index contributed by atoms with van der Waals surface area (Å²) in [5.74, 6) is -0.142. The van der Waals surface area contributed by atoms with E-state index >= 15 is 0 Å². The number of rotatable bonds is 7. The number of para-hydroxylation sites is 1. The second-order valence-corrected chi connectivity index (χ2v) is 6.31. The quantitative estimate of drug-likeness (QED) is 0.497. The standard InChI is InChI=1S/C21H22N2O4/c1-14-7-8-19(15(2)11-14)26-10-9-22-20(24)13-27-21(25)18-12-16-5-3-4-6-17(16)23-18/h3-8,11-12,23H,9-10,13H2,1-2H3,(H,22,24). The molecule has 0 aliphatic rings. The molecule has 0 radical (unpaired) electrons. The maximum atomic E-state index is 12.0. The van der Waals surface area contributed by atoms with Crippen LogP contribution in [-0.4, -0.2) is 36.6 Å². The smallest absolute Gasteiger partial charge is 0.355 e. The highest BCUT2D eigenvalue weighted by Gasteiger charge is 2.12. The first kappa shape index (κ1) is 18.5. The summed E-state index contributed by atoms with van der Waals surface area (Å²) in [6, 6.07) is 15.2. The van der Waals surface area contributed by atoms with E-state index in [1.807, 2.05) is 56.3 Å². The molecule has 0 saturated carbocycles. The van der Waals surface area contributed by atoms with Crippen LogP contribution in [0.4, 0.5) is 0 Å². The average Bonchev–Trinajstić information content (AvgIpc) is 3.09. The number of nitrogens with one attached hydrogen (secondary N) is 2. The molecule has 0 aliphatic carbocycles. The van der Waals surface area contributed by atoms with Gasteiger partial charge in [0.1, 0.15) is 18.1 Å². The van der Waals surface area contributed by atoms with Crippen LogP contribution in [0.5, 0.6) is 5.75 Å². The predicted molar refractivity (Wildman–Crippen MR) is 103 cm³/mol. The van der Waals surface area contributed by atoms with Crippen molar-refractivity contribution in [2.24, 2.45) is 0 Å². The molecule has 0 aliphatic heterocycles. The highest BCUT2D eigenvalue weighted by Crippen LogP contribution is 2.18. The van der Waals surface area contributed by atoms with Gasteiger partial charge in [0.2, 0.25) is 0 Å². The molecule has 0 unspecified atom stereocenters. The van der Waals surface area contributed by atoms with Crippen LogP contribution in [0.2, 0.25) is 0 Å². The third-order valence-electron chi connectivity index (χ3n) is 4.10. The van der Waals surface area contributed by atoms with Gasteiger partial charge in [0.05, 0.1) is 6.54 Å². The summed E-state index contributed by atoms with van der Waals surface area (Å²) < 4.78 is 10.7. The molecule has 3 rings (SSSR count). The molecule has 2 N–H and O–H groups in total. The van der Waals surface area contributed by atoms with Crippen molar-refractivity contribution in [1.82, 2.24) is 10.3 Å². The van der Waals surface area contributed by atoms with Gasteiger partial charge in [0.15, 0.2) is 6.61 Å². The van der Waals surface area contributed by atoms with Crippen LogP contribution in [0, 0.1) is 13.8 Å². The van der Waals surface area contributed by atoms with Gasteiger partial charge in [-0.2, -0.15) is 0 Å². The minimum absolute atomic E-state index is 0.321. The lowest BCUT2D eigenvalue weighted by molar-refractivity contribution is -0.124. The van der Waals surface area contributed by atoms with Crippen LogP contribution in [-0.2, 0) is 9.53 Å². The molecule has 0 saturated heterocycles. The molecule has 1 heterocycles. The number of fused-ring (bicyclic) bond motifs is 1. The van der Waals surface area contributed by atoms with Gasteiger partial charge in [-0.05, 0) is 37.6 Å². The first-order valence-corrected chi connectivity index (χ1v) is 8.74. The van der Waals surface area contributed by atoms with Gasteiger partial charge >= 0.3 is 5.97 Å². The molecule has 3 aromatic rings. The summed E-state index contributed by atoms with van der Waals surface area (Å²) in [6.07, 6.45) is 0. The SMILES string of the molecule is Cc1ccc(OCCNC(=O)COC(=O)c2cc3ccccc3[nH]2)c(C)c1. The minimum atomic E-state index is -0.562. The fraction of sp³-hybridized carbons (Fsp3) is 0.238. The van der Waals surface area contributed by atoms with Gasteiger partial charge in [-0.25, -0.2) is 4.79 Å². The maximum absolute atomic E-state index is 12.0. The van der Waals surface area contributed by atoms with Crippen molar-refractivity contribution in [2.45, 2.75) is 13.8 Å². The third-order valence-corrected chi connectivity index (χ3v) is 4.10. The number of aromatic amines is 1. The first-order valence-electron chi connectivity index (χ1n) is 8.74. The van der Waals surface area contributed by atoms with E-state index in [4.69, 9.17) is 9.47 Å². The topological polar surface area (TPSA) is 80.4 Å². The molecular weight excluding hydrogens is 344 g/mol. The molecule has 0 bridgehead atoms. The van der Waals surface area contributed by atoms with Gasteiger partial charge in [-0.1, -0.05) is 35.9 Å². The minimum Gasteiger partial charge on any atom is -0.491 e. The van der Waals surface area contributed by atoms with E-state index in [-0.39, 0.29) is 12.5 Å². The van der Waals surface area contributed by atoms with Crippen molar-refractivity contribution in [2.75, 3.05) is 19.8 Å². The summed E-state index contributed by atoms with van der Waals surface area (Å²) in [6.45, 7) is 4.33. The third kappa shape index (κ3) is 4.88. The number of hydrogen-bond acceptors (Lipinski definition) is 4. The number of ether oxygens (including phenoxy) is 2. The van der Waals surface area contributed by atoms with Gasteiger partial charge in [0, 0.05) is 10.9 Å². The predicted octanol–water partition coefficient (Wildman–Crippen LogP) is 3.14. The van der Waals surface area contributed by atoms with Gasteiger partial charge in [0.25, 0.3) is 5.91 Å². The van der Waals surface area contributed by atoms with E-state index in [9.17, 15) is 9.59 Å². The van der Waals surface area contributed by atoms with Crippen LogP contribution in [0.25, 0.3) is 10.9 Å². The largest absolute Gasteiger partial charge is 0.491 e. The number of esters is 1. The van der Waals surface area contributed by atoms with Gasteiger partial charge in [-0.3, -0.25) is 4.79 Å². The van der Waals surface area contributed by atoms with Crippen LogP contribution >= 0.6 is 0 Å². The molecule has 0 fully saturated rings. The number of carbonyl (C=O) groups is 2. The van der Waals surface area contributed by atoms with Gasteiger partial charge < -0.3 is 19.8 Å². The lowest BCUT2D eigenvalue weighted by Crippen LogP contribution is -2.32. The Morgan fingerprint density at radius 2 is 1.89 bits per heavy atom. The number of aromatic nitrogens is 1. The fourth-order valence-electron chi connectivity index (χ4n) is 2.76. The number of H-pyrrole nitrogens is 1. The van der Waals surface area contributed by atoms with Crippen LogP contribution < -0.4 is 10.1 Å². The monoisotopic (exact) mass is 366 g/mol. The number of carbonyl (C=O) groups excluding carboxylic acids is 2. The molecule has 27 heavy (non-hydrogen) atoms. The molecule has 1 amide bonds. The van der Waals surface area contributed by atoms with E-state index in [0.717, 1.165) is 22.2 Å². The van der Waals surface area contributed by atoms with Crippen molar-refractivity contribution < 1.29 is 19.1 Å². The Labute approximate surface area is 157 Å². The zero-order valence-electron chi connectivity index (χ0n) is 15.4. The van der Waals surface area contributed by atoms with Crippen molar-refractivity contribution in [1.29, 1.82) is 0 Å². The van der Waals surface area contributed by atoms with Crippen molar-refractivity contribution in [3.63, 3.8) is 0 Å². The van der Waals surface area contributed by atoms with E-state index in [1.54, 1.807) is 6.07 Å². The Balaban J connectivity index is 1.39. The number of hydrogen-bond donors (Lipinski definition) is 2. The van der Waals surface area contributed by atoms with Crippen LogP contribution in [0.1, 0.15) is 21.6 Å².